The first-order valence-electron chi connectivity index (χ1n) is 5.50. The molecule has 3 heterocycles. The lowest BCUT2D eigenvalue weighted by atomic mass is 10.2. The Balaban J connectivity index is 2.30. The number of nitrogens with zero attached hydrogens (tertiary/aromatic N) is 3. The van der Waals surface area contributed by atoms with Crippen molar-refractivity contribution >= 4 is 11.0 Å². The van der Waals surface area contributed by atoms with Gasteiger partial charge in [0, 0.05) is 19.8 Å². The van der Waals surface area contributed by atoms with Crippen molar-refractivity contribution in [1.82, 2.24) is 19.4 Å². The van der Waals surface area contributed by atoms with Crippen LogP contribution in [0.15, 0.2) is 23.3 Å². The van der Waals surface area contributed by atoms with E-state index in [1.54, 1.807) is 24.0 Å². The summed E-state index contributed by atoms with van der Waals surface area (Å²) in [6.07, 6.45) is 4.50. The van der Waals surface area contributed by atoms with Crippen LogP contribution in [0.5, 0.6) is 0 Å². The molecule has 0 bridgehead atoms. The van der Waals surface area contributed by atoms with Gasteiger partial charge in [-0.3, -0.25) is 14.1 Å². The lowest BCUT2D eigenvalue weighted by molar-refractivity contribution is 0.535. The van der Waals surface area contributed by atoms with Crippen LogP contribution in [0.2, 0.25) is 0 Å². The van der Waals surface area contributed by atoms with Crippen LogP contribution < -0.4 is 11.0 Å². The Labute approximate surface area is 92.7 Å². The molecule has 0 aromatic carbocycles. The van der Waals surface area contributed by atoms with Crippen molar-refractivity contribution in [3.8, 4) is 0 Å². The third kappa shape index (κ3) is 1.21. The van der Waals surface area contributed by atoms with Crippen LogP contribution in [-0.4, -0.2) is 27.2 Å². The van der Waals surface area contributed by atoms with E-state index >= 15 is 0 Å². The highest BCUT2D eigenvalue weighted by molar-refractivity contribution is 5.74. The zero-order chi connectivity index (χ0) is 11.1. The highest BCUT2D eigenvalue weighted by atomic mass is 16.1. The van der Waals surface area contributed by atoms with E-state index < -0.39 is 0 Å². The van der Waals surface area contributed by atoms with Crippen molar-refractivity contribution in [2.24, 2.45) is 7.05 Å². The third-order valence-corrected chi connectivity index (χ3v) is 3.29. The summed E-state index contributed by atoms with van der Waals surface area (Å²) in [4.78, 5) is 16.2. The molecule has 16 heavy (non-hydrogen) atoms. The molecule has 0 radical (unpaired) electrons. The van der Waals surface area contributed by atoms with Crippen molar-refractivity contribution in [3.05, 3.63) is 28.9 Å². The Morgan fingerprint density at radius 1 is 1.50 bits per heavy atom. The van der Waals surface area contributed by atoms with Gasteiger partial charge in [0.05, 0.1) is 23.3 Å². The van der Waals surface area contributed by atoms with Crippen molar-refractivity contribution in [3.63, 3.8) is 0 Å². The highest BCUT2D eigenvalue weighted by Crippen LogP contribution is 2.19. The molecule has 1 atom stereocenters. The van der Waals surface area contributed by atoms with Crippen molar-refractivity contribution in [1.29, 1.82) is 0 Å². The van der Waals surface area contributed by atoms with Crippen LogP contribution in [0.4, 0.5) is 0 Å². The van der Waals surface area contributed by atoms with Crippen LogP contribution in [0, 0.1) is 0 Å². The summed E-state index contributed by atoms with van der Waals surface area (Å²) < 4.78 is 3.55. The molecule has 0 saturated carbocycles. The minimum absolute atomic E-state index is 0.0525. The molecule has 84 valence electrons. The Kier molecular flexibility index (Phi) is 2.07. The van der Waals surface area contributed by atoms with Crippen molar-refractivity contribution in [2.45, 2.75) is 12.5 Å². The maximum absolute atomic E-state index is 12.1. The minimum Gasteiger partial charge on any atom is -0.315 e. The number of imidazole rings is 1. The fourth-order valence-electron chi connectivity index (χ4n) is 2.42. The first-order valence-corrected chi connectivity index (χ1v) is 5.50. The highest BCUT2D eigenvalue weighted by Gasteiger charge is 2.21. The lowest BCUT2D eigenvalue weighted by Gasteiger charge is -2.09. The van der Waals surface area contributed by atoms with Crippen LogP contribution in [0.25, 0.3) is 11.0 Å². The van der Waals surface area contributed by atoms with E-state index in [9.17, 15) is 4.79 Å². The maximum Gasteiger partial charge on any atom is 0.329 e. The quantitative estimate of drug-likeness (QED) is 0.747. The average molecular weight is 218 g/mol. The van der Waals surface area contributed by atoms with Crippen LogP contribution in [0.3, 0.4) is 0 Å². The molecule has 1 saturated heterocycles. The van der Waals surface area contributed by atoms with Gasteiger partial charge in [0.15, 0.2) is 0 Å². The largest absolute Gasteiger partial charge is 0.329 e. The van der Waals surface area contributed by atoms with E-state index in [1.807, 2.05) is 10.6 Å². The number of rotatable bonds is 1. The molecular weight excluding hydrogens is 204 g/mol. The molecule has 3 rings (SSSR count). The molecule has 5 nitrogen and oxygen atoms in total. The summed E-state index contributed by atoms with van der Waals surface area (Å²) in [6, 6.07) is 2.19. The Hall–Kier alpha value is -1.62. The summed E-state index contributed by atoms with van der Waals surface area (Å²) in [7, 11) is 1.80. The Morgan fingerprint density at radius 3 is 3.12 bits per heavy atom. The molecule has 1 unspecified atom stereocenters. The molecule has 1 aliphatic heterocycles. The number of fused-ring (bicyclic) bond motifs is 1. The normalized spacial score (nSPS) is 20.7. The van der Waals surface area contributed by atoms with Gasteiger partial charge in [-0.1, -0.05) is 0 Å². The summed E-state index contributed by atoms with van der Waals surface area (Å²) >= 11 is 0. The van der Waals surface area contributed by atoms with Gasteiger partial charge >= 0.3 is 5.69 Å². The van der Waals surface area contributed by atoms with E-state index in [2.05, 4.69) is 10.3 Å². The zero-order valence-corrected chi connectivity index (χ0v) is 9.18. The molecule has 1 aliphatic rings. The molecule has 2 aromatic rings. The molecule has 0 aliphatic carbocycles. The van der Waals surface area contributed by atoms with E-state index in [0.717, 1.165) is 30.5 Å². The summed E-state index contributed by atoms with van der Waals surface area (Å²) in [5, 5.41) is 3.29. The second kappa shape index (κ2) is 3.45. The molecule has 5 heteroatoms. The molecule has 2 aromatic heterocycles. The number of hydrogen-bond acceptors (Lipinski definition) is 3. The molecular formula is C11H14N4O. The molecule has 0 amide bonds. The monoisotopic (exact) mass is 218 g/mol. The zero-order valence-electron chi connectivity index (χ0n) is 9.18. The molecule has 1 N–H and O–H groups in total. The van der Waals surface area contributed by atoms with Gasteiger partial charge in [-0.05, 0) is 19.0 Å². The number of aryl methyl sites for hydroxylation is 1. The first-order chi connectivity index (χ1) is 7.79. The third-order valence-electron chi connectivity index (χ3n) is 3.29. The Bertz CT molecular complexity index is 577. The SMILES string of the molecule is Cn1c(=O)n(C2CCNC2)c2ccncc21. The van der Waals surface area contributed by atoms with Crippen LogP contribution in [0.1, 0.15) is 12.5 Å². The number of aromatic nitrogens is 3. The van der Waals surface area contributed by atoms with Gasteiger partial charge in [0.2, 0.25) is 0 Å². The summed E-state index contributed by atoms with van der Waals surface area (Å²) in [6.45, 7) is 1.86. The average Bonchev–Trinajstić information content (AvgIpc) is 2.89. The van der Waals surface area contributed by atoms with E-state index in [-0.39, 0.29) is 11.7 Å². The lowest BCUT2D eigenvalue weighted by Crippen LogP contribution is -2.27. The molecule has 0 spiro atoms. The van der Waals surface area contributed by atoms with Gasteiger partial charge < -0.3 is 5.32 Å². The topological polar surface area (TPSA) is 51.9 Å². The second-order valence-electron chi connectivity index (χ2n) is 4.22. The van der Waals surface area contributed by atoms with Gasteiger partial charge in [-0.2, -0.15) is 0 Å². The Morgan fingerprint density at radius 2 is 2.38 bits per heavy atom. The minimum atomic E-state index is 0.0525. The number of nitrogens with one attached hydrogen (secondary N) is 1. The summed E-state index contributed by atoms with van der Waals surface area (Å²) in [5.74, 6) is 0. The van der Waals surface area contributed by atoms with E-state index in [1.165, 1.54) is 0 Å². The number of pyridine rings is 1. The van der Waals surface area contributed by atoms with Gasteiger partial charge in [-0.25, -0.2) is 4.79 Å². The summed E-state index contributed by atoms with van der Waals surface area (Å²) in [5.41, 5.74) is 1.94. The van der Waals surface area contributed by atoms with Crippen molar-refractivity contribution in [2.75, 3.05) is 13.1 Å². The second-order valence-corrected chi connectivity index (χ2v) is 4.22. The fourth-order valence-corrected chi connectivity index (χ4v) is 2.42. The maximum atomic E-state index is 12.1. The van der Waals surface area contributed by atoms with Gasteiger partial charge in [0.1, 0.15) is 0 Å². The molecule has 1 fully saturated rings. The van der Waals surface area contributed by atoms with Crippen molar-refractivity contribution < 1.29 is 0 Å². The fraction of sp³-hybridized carbons (Fsp3) is 0.455. The standard InChI is InChI=1S/C11H14N4O/c1-14-10-7-13-5-3-9(10)15(11(14)16)8-2-4-12-6-8/h3,5,7-8,12H,2,4,6H2,1H3. The van der Waals surface area contributed by atoms with Crippen LogP contribution in [-0.2, 0) is 7.05 Å². The van der Waals surface area contributed by atoms with E-state index in [4.69, 9.17) is 0 Å². The predicted octanol–water partition coefficient (Wildman–Crippen LogP) is 0.269. The number of hydrogen-bond donors (Lipinski definition) is 1. The first kappa shape index (κ1) is 9.59. The predicted molar refractivity (Wildman–Crippen MR) is 61.5 cm³/mol. The smallest absolute Gasteiger partial charge is 0.315 e. The van der Waals surface area contributed by atoms with Crippen LogP contribution >= 0.6 is 0 Å². The van der Waals surface area contributed by atoms with E-state index in [0.29, 0.717) is 0 Å². The van der Waals surface area contributed by atoms with Gasteiger partial charge in [0.25, 0.3) is 0 Å². The van der Waals surface area contributed by atoms with Gasteiger partial charge in [-0.15, -0.1) is 0 Å².